The van der Waals surface area contributed by atoms with Crippen LogP contribution < -0.4 is 10.1 Å². The van der Waals surface area contributed by atoms with Gasteiger partial charge in [0.1, 0.15) is 12.4 Å². The number of benzene rings is 2. The third kappa shape index (κ3) is 5.81. The molecule has 5 heteroatoms. The second kappa shape index (κ2) is 8.85. The van der Waals surface area contributed by atoms with E-state index in [9.17, 15) is 4.79 Å². The van der Waals surface area contributed by atoms with Crippen LogP contribution in [0.1, 0.15) is 12.5 Å². The topological polar surface area (TPSA) is 38.3 Å². The molecule has 0 spiro atoms. The van der Waals surface area contributed by atoms with Crippen LogP contribution in [-0.2, 0) is 4.79 Å². The van der Waals surface area contributed by atoms with Crippen LogP contribution in [0.2, 0.25) is 5.02 Å². The second-order valence-electron chi connectivity index (χ2n) is 5.12. The zero-order valence-corrected chi connectivity index (χ0v) is 14.8. The summed E-state index contributed by atoms with van der Waals surface area (Å²) >= 11 is 7.36. The summed E-state index contributed by atoms with van der Waals surface area (Å²) in [6.45, 7) is 4.82. The first-order valence-electron chi connectivity index (χ1n) is 7.44. The molecule has 0 aliphatic heterocycles. The quantitative estimate of drug-likeness (QED) is 0.597. The number of hydrogen-bond acceptors (Lipinski definition) is 3. The van der Waals surface area contributed by atoms with Crippen LogP contribution in [-0.4, -0.2) is 24.3 Å². The van der Waals surface area contributed by atoms with Gasteiger partial charge in [0.05, 0.1) is 11.8 Å². The Labute approximate surface area is 146 Å². The van der Waals surface area contributed by atoms with Gasteiger partial charge in [-0.25, -0.2) is 0 Å². The first kappa shape index (κ1) is 17.7. The molecule has 1 amide bonds. The third-order valence-corrected chi connectivity index (χ3v) is 4.61. The molecule has 122 valence electrons. The number of ether oxygens (including phenoxy) is 1. The Hall–Kier alpha value is -1.65. The van der Waals surface area contributed by atoms with Crippen molar-refractivity contribution in [3.05, 3.63) is 59.1 Å². The molecular formula is C18H20ClNO2S. The third-order valence-electron chi connectivity index (χ3n) is 3.25. The summed E-state index contributed by atoms with van der Waals surface area (Å²) in [6.07, 6.45) is 0. The molecular weight excluding hydrogens is 330 g/mol. The molecule has 23 heavy (non-hydrogen) atoms. The molecule has 0 saturated carbocycles. The van der Waals surface area contributed by atoms with Crippen LogP contribution in [0.15, 0.2) is 53.4 Å². The lowest BCUT2D eigenvalue weighted by Crippen LogP contribution is -2.34. The van der Waals surface area contributed by atoms with E-state index in [0.29, 0.717) is 18.2 Å². The van der Waals surface area contributed by atoms with Crippen LogP contribution in [0.5, 0.6) is 5.75 Å². The zero-order chi connectivity index (χ0) is 16.7. The number of amides is 1. The minimum absolute atomic E-state index is 0.00154. The van der Waals surface area contributed by atoms with Gasteiger partial charge in [-0.1, -0.05) is 29.8 Å². The maximum Gasteiger partial charge on any atom is 0.233 e. The summed E-state index contributed by atoms with van der Waals surface area (Å²) in [6, 6.07) is 15.3. The average molecular weight is 350 g/mol. The van der Waals surface area contributed by atoms with Gasteiger partial charge in [-0.05, 0) is 49.7 Å². The van der Waals surface area contributed by atoms with Crippen molar-refractivity contribution in [3.63, 3.8) is 0 Å². The number of para-hydroxylation sites is 1. The number of thioether (sulfide) groups is 1. The van der Waals surface area contributed by atoms with Gasteiger partial charge in [0.25, 0.3) is 0 Å². The fraction of sp³-hybridized carbons (Fsp3) is 0.278. The van der Waals surface area contributed by atoms with Gasteiger partial charge < -0.3 is 10.1 Å². The predicted molar refractivity (Wildman–Crippen MR) is 96.5 cm³/mol. The van der Waals surface area contributed by atoms with E-state index in [2.05, 4.69) is 5.32 Å². The van der Waals surface area contributed by atoms with Crippen molar-refractivity contribution in [2.24, 2.45) is 0 Å². The van der Waals surface area contributed by atoms with E-state index in [1.165, 1.54) is 11.8 Å². The number of halogens is 1. The maximum atomic E-state index is 12.1. The summed E-state index contributed by atoms with van der Waals surface area (Å²) in [4.78, 5) is 13.1. The highest BCUT2D eigenvalue weighted by molar-refractivity contribution is 8.00. The number of aryl methyl sites for hydroxylation is 1. The Kier molecular flexibility index (Phi) is 6.81. The van der Waals surface area contributed by atoms with Crippen LogP contribution in [0.3, 0.4) is 0 Å². The molecule has 0 fully saturated rings. The molecule has 0 bridgehead atoms. The van der Waals surface area contributed by atoms with Crippen molar-refractivity contribution in [2.75, 3.05) is 13.2 Å². The van der Waals surface area contributed by atoms with E-state index < -0.39 is 0 Å². The van der Waals surface area contributed by atoms with Gasteiger partial charge in [-0.15, -0.1) is 11.8 Å². The molecule has 3 nitrogen and oxygen atoms in total. The molecule has 0 aliphatic carbocycles. The largest absolute Gasteiger partial charge is 0.491 e. The first-order chi connectivity index (χ1) is 11.1. The SMILES string of the molecule is Cc1ccccc1OCCNC(=O)[C@H](C)Sc1ccc(Cl)cc1. The van der Waals surface area contributed by atoms with Gasteiger partial charge in [0.15, 0.2) is 0 Å². The highest BCUT2D eigenvalue weighted by atomic mass is 35.5. The van der Waals surface area contributed by atoms with Crippen molar-refractivity contribution >= 4 is 29.3 Å². The van der Waals surface area contributed by atoms with Crippen LogP contribution in [0.25, 0.3) is 0 Å². The minimum atomic E-state index is -0.172. The summed E-state index contributed by atoms with van der Waals surface area (Å²) in [5.74, 6) is 0.851. The molecule has 0 saturated heterocycles. The van der Waals surface area contributed by atoms with E-state index in [0.717, 1.165) is 16.2 Å². The van der Waals surface area contributed by atoms with Crippen LogP contribution in [0.4, 0.5) is 0 Å². The Morgan fingerprint density at radius 3 is 2.61 bits per heavy atom. The van der Waals surface area contributed by atoms with Crippen LogP contribution >= 0.6 is 23.4 Å². The molecule has 0 aromatic heterocycles. The van der Waals surface area contributed by atoms with Gasteiger partial charge >= 0.3 is 0 Å². The van der Waals surface area contributed by atoms with E-state index in [1.807, 2.05) is 62.4 Å². The van der Waals surface area contributed by atoms with E-state index in [1.54, 1.807) is 0 Å². The molecule has 2 rings (SSSR count). The summed E-state index contributed by atoms with van der Waals surface area (Å²) in [7, 11) is 0. The number of nitrogens with one attached hydrogen (secondary N) is 1. The van der Waals surface area contributed by atoms with Crippen LogP contribution in [0, 0.1) is 6.92 Å². The highest BCUT2D eigenvalue weighted by Crippen LogP contribution is 2.24. The van der Waals surface area contributed by atoms with E-state index in [4.69, 9.17) is 16.3 Å². The lowest BCUT2D eigenvalue weighted by Gasteiger charge is -2.13. The van der Waals surface area contributed by atoms with Crippen molar-refractivity contribution in [2.45, 2.75) is 24.0 Å². The van der Waals surface area contributed by atoms with Crippen molar-refractivity contribution in [3.8, 4) is 5.75 Å². The van der Waals surface area contributed by atoms with E-state index >= 15 is 0 Å². The number of carbonyl (C=O) groups is 1. The van der Waals surface area contributed by atoms with Gasteiger partial charge in [-0.2, -0.15) is 0 Å². The van der Waals surface area contributed by atoms with Crippen molar-refractivity contribution in [1.29, 1.82) is 0 Å². The maximum absolute atomic E-state index is 12.1. The van der Waals surface area contributed by atoms with Crippen molar-refractivity contribution < 1.29 is 9.53 Å². The minimum Gasteiger partial charge on any atom is -0.491 e. The molecule has 2 aromatic carbocycles. The first-order valence-corrected chi connectivity index (χ1v) is 8.70. The standard InChI is InChI=1S/C18H20ClNO2S/c1-13-5-3-4-6-17(13)22-12-11-20-18(21)14(2)23-16-9-7-15(19)8-10-16/h3-10,14H,11-12H2,1-2H3,(H,20,21)/t14-/m0/s1. The molecule has 0 heterocycles. The predicted octanol–water partition coefficient (Wildman–Crippen LogP) is 4.32. The Morgan fingerprint density at radius 1 is 1.22 bits per heavy atom. The number of carbonyl (C=O) groups excluding carboxylic acids is 1. The normalized spacial score (nSPS) is 11.8. The number of hydrogen-bond donors (Lipinski definition) is 1. The van der Waals surface area contributed by atoms with Gasteiger partial charge in [0.2, 0.25) is 5.91 Å². The lowest BCUT2D eigenvalue weighted by molar-refractivity contribution is -0.120. The average Bonchev–Trinajstić information content (AvgIpc) is 2.55. The molecule has 2 aromatic rings. The fourth-order valence-corrected chi connectivity index (χ4v) is 2.99. The molecule has 0 radical (unpaired) electrons. The molecule has 1 N–H and O–H groups in total. The lowest BCUT2D eigenvalue weighted by atomic mass is 10.2. The smallest absolute Gasteiger partial charge is 0.233 e. The molecule has 0 aliphatic rings. The van der Waals surface area contributed by atoms with Crippen molar-refractivity contribution in [1.82, 2.24) is 5.32 Å². The highest BCUT2D eigenvalue weighted by Gasteiger charge is 2.13. The Morgan fingerprint density at radius 2 is 1.91 bits per heavy atom. The Bertz CT molecular complexity index is 646. The molecule has 1 atom stereocenters. The zero-order valence-electron chi connectivity index (χ0n) is 13.2. The fourth-order valence-electron chi connectivity index (χ4n) is 1.97. The summed E-state index contributed by atoms with van der Waals surface area (Å²) in [5.41, 5.74) is 1.09. The molecule has 0 unspecified atom stereocenters. The summed E-state index contributed by atoms with van der Waals surface area (Å²) in [5, 5.41) is 3.42. The monoisotopic (exact) mass is 349 g/mol. The van der Waals surface area contributed by atoms with Gasteiger partial charge in [-0.3, -0.25) is 4.79 Å². The number of rotatable bonds is 7. The van der Waals surface area contributed by atoms with Gasteiger partial charge in [0, 0.05) is 9.92 Å². The van der Waals surface area contributed by atoms with E-state index in [-0.39, 0.29) is 11.2 Å². The second-order valence-corrected chi connectivity index (χ2v) is 6.97. The summed E-state index contributed by atoms with van der Waals surface area (Å²) < 4.78 is 5.66. The Balaban J connectivity index is 1.72.